The van der Waals surface area contributed by atoms with Crippen LogP contribution in [0.25, 0.3) is 11.3 Å². The molecule has 3 nitrogen and oxygen atoms in total. The van der Waals surface area contributed by atoms with Gasteiger partial charge in [-0.2, -0.15) is 0 Å². The van der Waals surface area contributed by atoms with Crippen LogP contribution in [0, 0.1) is 5.82 Å². The Morgan fingerprint density at radius 1 is 1.28 bits per heavy atom. The van der Waals surface area contributed by atoms with E-state index >= 15 is 0 Å². The molecule has 1 aromatic heterocycles. The van der Waals surface area contributed by atoms with E-state index in [4.69, 9.17) is 5.73 Å². The second-order valence-corrected chi connectivity index (χ2v) is 5.24. The van der Waals surface area contributed by atoms with Gasteiger partial charge < -0.3 is 10.7 Å². The maximum atomic E-state index is 12.8. The second kappa shape index (κ2) is 4.90. The van der Waals surface area contributed by atoms with Gasteiger partial charge in [-0.05, 0) is 50.1 Å². The fraction of sp³-hybridized carbons (Fsp3) is 0.357. The Kier molecular flexibility index (Phi) is 3.48. The van der Waals surface area contributed by atoms with Crippen LogP contribution in [0.15, 0.2) is 30.5 Å². The summed E-state index contributed by atoms with van der Waals surface area (Å²) in [5.41, 5.74) is 7.58. The van der Waals surface area contributed by atoms with E-state index < -0.39 is 0 Å². The minimum Gasteiger partial charge on any atom is -0.342 e. The minimum atomic E-state index is -0.233. The van der Waals surface area contributed by atoms with Crippen LogP contribution in [0.4, 0.5) is 4.39 Å². The number of halogens is 1. The van der Waals surface area contributed by atoms with Gasteiger partial charge in [-0.1, -0.05) is 0 Å². The number of hydrogen-bond acceptors (Lipinski definition) is 2. The zero-order valence-corrected chi connectivity index (χ0v) is 10.7. The molecule has 0 saturated carbocycles. The van der Waals surface area contributed by atoms with Crippen molar-refractivity contribution in [1.29, 1.82) is 0 Å². The van der Waals surface area contributed by atoms with Gasteiger partial charge in [-0.25, -0.2) is 9.37 Å². The van der Waals surface area contributed by atoms with Gasteiger partial charge in [-0.15, -0.1) is 0 Å². The summed E-state index contributed by atoms with van der Waals surface area (Å²) in [5, 5.41) is 0. The van der Waals surface area contributed by atoms with Crippen LogP contribution in [0.2, 0.25) is 0 Å². The molecule has 1 heterocycles. The number of benzene rings is 1. The summed E-state index contributed by atoms with van der Waals surface area (Å²) in [6.45, 7) is 3.99. The van der Waals surface area contributed by atoms with Crippen molar-refractivity contribution in [2.75, 3.05) is 0 Å². The minimum absolute atomic E-state index is 0.192. The molecule has 0 spiro atoms. The Morgan fingerprint density at radius 3 is 2.56 bits per heavy atom. The van der Waals surface area contributed by atoms with Crippen molar-refractivity contribution >= 4 is 0 Å². The quantitative estimate of drug-likeness (QED) is 0.872. The predicted molar refractivity (Wildman–Crippen MR) is 70.6 cm³/mol. The van der Waals surface area contributed by atoms with E-state index in [1.54, 1.807) is 18.3 Å². The van der Waals surface area contributed by atoms with Gasteiger partial charge in [-0.3, -0.25) is 0 Å². The smallest absolute Gasteiger partial charge is 0.123 e. The molecular weight excluding hydrogens is 229 g/mol. The van der Waals surface area contributed by atoms with Crippen LogP contribution in [0.5, 0.6) is 0 Å². The molecule has 2 aromatic rings. The molecule has 0 aliphatic carbocycles. The van der Waals surface area contributed by atoms with Crippen molar-refractivity contribution in [2.45, 2.75) is 32.2 Å². The number of rotatable bonds is 4. The van der Waals surface area contributed by atoms with Gasteiger partial charge in [0, 0.05) is 12.0 Å². The predicted octanol–water partition coefficient (Wildman–Crippen LogP) is 2.89. The van der Waals surface area contributed by atoms with Crippen LogP contribution in [0.1, 0.15) is 26.1 Å². The van der Waals surface area contributed by atoms with Crippen molar-refractivity contribution in [3.05, 3.63) is 42.1 Å². The monoisotopic (exact) mass is 247 g/mol. The molecule has 18 heavy (non-hydrogen) atoms. The van der Waals surface area contributed by atoms with Gasteiger partial charge in [0.15, 0.2) is 0 Å². The van der Waals surface area contributed by atoms with Gasteiger partial charge in [0.1, 0.15) is 11.6 Å². The first-order valence-corrected chi connectivity index (χ1v) is 6.03. The SMILES string of the molecule is CC(C)(N)CCc1ncc(-c2ccc(F)cc2)[nH]1. The van der Waals surface area contributed by atoms with Crippen molar-refractivity contribution in [3.8, 4) is 11.3 Å². The summed E-state index contributed by atoms with van der Waals surface area (Å²) in [5.74, 6) is 0.677. The van der Waals surface area contributed by atoms with Crippen LogP contribution in [-0.4, -0.2) is 15.5 Å². The Bertz CT molecular complexity index is 509. The maximum absolute atomic E-state index is 12.8. The molecule has 0 bridgehead atoms. The fourth-order valence-electron chi connectivity index (χ4n) is 1.71. The van der Waals surface area contributed by atoms with E-state index in [9.17, 15) is 4.39 Å². The molecule has 0 unspecified atom stereocenters. The number of aryl methyl sites for hydroxylation is 1. The van der Waals surface area contributed by atoms with Gasteiger partial charge in [0.25, 0.3) is 0 Å². The van der Waals surface area contributed by atoms with Crippen LogP contribution < -0.4 is 5.73 Å². The first-order chi connectivity index (χ1) is 8.44. The van der Waals surface area contributed by atoms with E-state index in [1.807, 2.05) is 13.8 Å². The van der Waals surface area contributed by atoms with E-state index in [2.05, 4.69) is 9.97 Å². The largest absolute Gasteiger partial charge is 0.342 e. The Labute approximate surface area is 106 Å². The number of nitrogens with zero attached hydrogens (tertiary/aromatic N) is 1. The van der Waals surface area contributed by atoms with Crippen molar-refractivity contribution in [1.82, 2.24) is 9.97 Å². The van der Waals surface area contributed by atoms with Crippen LogP contribution >= 0.6 is 0 Å². The second-order valence-electron chi connectivity index (χ2n) is 5.24. The number of aromatic nitrogens is 2. The Balaban J connectivity index is 2.08. The first kappa shape index (κ1) is 12.8. The third-order valence-corrected chi connectivity index (χ3v) is 2.79. The summed E-state index contributed by atoms with van der Waals surface area (Å²) in [4.78, 5) is 7.55. The third kappa shape index (κ3) is 3.40. The summed E-state index contributed by atoms with van der Waals surface area (Å²) >= 11 is 0. The van der Waals surface area contributed by atoms with E-state index in [1.165, 1.54) is 12.1 Å². The lowest BCUT2D eigenvalue weighted by molar-refractivity contribution is 0.472. The molecule has 1 aromatic carbocycles. The molecule has 0 saturated heterocycles. The average Bonchev–Trinajstić information content (AvgIpc) is 2.75. The molecule has 0 aliphatic heterocycles. The molecule has 4 heteroatoms. The highest BCUT2D eigenvalue weighted by Gasteiger charge is 2.12. The summed E-state index contributed by atoms with van der Waals surface area (Å²) < 4.78 is 12.8. The third-order valence-electron chi connectivity index (χ3n) is 2.79. The molecule has 3 N–H and O–H groups in total. The van der Waals surface area contributed by atoms with Gasteiger partial charge in [0.2, 0.25) is 0 Å². The summed E-state index contributed by atoms with van der Waals surface area (Å²) in [6.07, 6.45) is 3.44. The van der Waals surface area contributed by atoms with Gasteiger partial charge >= 0.3 is 0 Å². The standard InChI is InChI=1S/C14H18FN3/c1-14(2,16)8-7-13-17-9-12(18-13)10-3-5-11(15)6-4-10/h3-6,9H,7-8,16H2,1-2H3,(H,17,18). The maximum Gasteiger partial charge on any atom is 0.123 e. The zero-order valence-electron chi connectivity index (χ0n) is 10.7. The highest BCUT2D eigenvalue weighted by atomic mass is 19.1. The zero-order chi connectivity index (χ0) is 13.2. The number of H-pyrrole nitrogens is 1. The molecular formula is C14H18FN3. The topological polar surface area (TPSA) is 54.7 Å². The molecule has 0 atom stereocenters. The molecule has 0 aliphatic rings. The number of hydrogen-bond donors (Lipinski definition) is 2. The van der Waals surface area contributed by atoms with E-state index in [0.29, 0.717) is 0 Å². The lowest BCUT2D eigenvalue weighted by Gasteiger charge is -2.16. The molecule has 0 amide bonds. The number of aromatic amines is 1. The number of nitrogens with one attached hydrogen (secondary N) is 1. The molecule has 2 rings (SSSR count). The van der Waals surface area contributed by atoms with Crippen molar-refractivity contribution < 1.29 is 4.39 Å². The fourth-order valence-corrected chi connectivity index (χ4v) is 1.71. The lowest BCUT2D eigenvalue weighted by atomic mass is 10.0. The summed E-state index contributed by atoms with van der Waals surface area (Å²) in [7, 11) is 0. The molecule has 0 radical (unpaired) electrons. The van der Waals surface area contributed by atoms with Crippen molar-refractivity contribution in [2.24, 2.45) is 5.73 Å². The number of nitrogens with two attached hydrogens (primary N) is 1. The van der Waals surface area contributed by atoms with Crippen LogP contribution in [-0.2, 0) is 6.42 Å². The number of imidazole rings is 1. The van der Waals surface area contributed by atoms with E-state index in [0.717, 1.165) is 29.9 Å². The Hall–Kier alpha value is -1.68. The van der Waals surface area contributed by atoms with Crippen LogP contribution in [0.3, 0.4) is 0 Å². The first-order valence-electron chi connectivity index (χ1n) is 6.03. The van der Waals surface area contributed by atoms with E-state index in [-0.39, 0.29) is 11.4 Å². The summed E-state index contributed by atoms with van der Waals surface area (Å²) in [6, 6.07) is 6.36. The molecule has 0 fully saturated rings. The van der Waals surface area contributed by atoms with Gasteiger partial charge in [0.05, 0.1) is 11.9 Å². The average molecular weight is 247 g/mol. The molecule has 96 valence electrons. The lowest BCUT2D eigenvalue weighted by Crippen LogP contribution is -2.32. The van der Waals surface area contributed by atoms with Crippen molar-refractivity contribution in [3.63, 3.8) is 0 Å². The highest BCUT2D eigenvalue weighted by Crippen LogP contribution is 2.18. The highest BCUT2D eigenvalue weighted by molar-refractivity contribution is 5.58. The normalized spacial score (nSPS) is 11.8. The Morgan fingerprint density at radius 2 is 1.94 bits per heavy atom.